The second-order valence-corrected chi connectivity index (χ2v) is 8.09. The van der Waals surface area contributed by atoms with Crippen molar-refractivity contribution in [3.8, 4) is 0 Å². The number of nitrogens with zero attached hydrogens (tertiary/aromatic N) is 3. The summed E-state index contributed by atoms with van der Waals surface area (Å²) < 4.78 is 26.1. The minimum Gasteiger partial charge on any atom is -0.243 e. The van der Waals surface area contributed by atoms with Gasteiger partial charge in [0.05, 0.1) is 10.0 Å². The summed E-state index contributed by atoms with van der Waals surface area (Å²) >= 11 is 18.8. The van der Waals surface area contributed by atoms with Gasteiger partial charge in [0.15, 0.2) is 0 Å². The number of hydrogen-bond donors (Lipinski definition) is 0. The molecule has 0 saturated carbocycles. The molecule has 0 unspecified atom stereocenters. The fourth-order valence-corrected chi connectivity index (χ4v) is 4.92. The van der Waals surface area contributed by atoms with Crippen LogP contribution in [0.15, 0.2) is 17.0 Å². The molecule has 0 N–H and O–H groups in total. The van der Waals surface area contributed by atoms with Crippen molar-refractivity contribution in [1.29, 1.82) is 0 Å². The average molecular weight is 373 g/mol. The Bertz CT molecular complexity index is 738. The molecule has 0 aliphatic rings. The van der Waals surface area contributed by atoms with Gasteiger partial charge in [0.1, 0.15) is 9.90 Å². The van der Waals surface area contributed by atoms with Gasteiger partial charge in [-0.2, -0.15) is 0 Å². The lowest BCUT2D eigenvalue weighted by Crippen LogP contribution is -2.27. The molecule has 0 amide bonds. The predicted molar refractivity (Wildman–Crippen MR) is 81.7 cm³/mol. The summed E-state index contributed by atoms with van der Waals surface area (Å²) in [5, 5.41) is 8.61. The molecule has 1 aromatic heterocycles. The van der Waals surface area contributed by atoms with Crippen molar-refractivity contribution in [3.05, 3.63) is 32.2 Å². The van der Waals surface area contributed by atoms with E-state index >= 15 is 0 Å². The number of rotatable bonds is 3. The zero-order chi connectivity index (χ0) is 15.1. The normalized spacial score (nSPS) is 11.7. The molecule has 0 bridgehead atoms. The highest BCUT2D eigenvalue weighted by molar-refractivity contribution is 7.93. The highest BCUT2D eigenvalue weighted by Crippen LogP contribution is 2.36. The van der Waals surface area contributed by atoms with Crippen LogP contribution in [0.2, 0.25) is 15.1 Å². The summed E-state index contributed by atoms with van der Waals surface area (Å²) in [7, 11) is -2.58. The van der Waals surface area contributed by atoms with Gasteiger partial charge in [-0.3, -0.25) is 0 Å². The van der Waals surface area contributed by atoms with Crippen molar-refractivity contribution in [2.75, 3.05) is 11.4 Å². The van der Waals surface area contributed by atoms with E-state index in [-0.39, 0.29) is 25.1 Å². The van der Waals surface area contributed by atoms with E-state index in [9.17, 15) is 8.42 Å². The summed E-state index contributed by atoms with van der Waals surface area (Å²) in [6, 6.07) is 2.64. The molecule has 2 rings (SSSR count). The monoisotopic (exact) mass is 371 g/mol. The Kier molecular flexibility index (Phi) is 4.46. The lowest BCUT2D eigenvalue weighted by atomic mass is 10.4. The molecule has 0 aliphatic carbocycles. The predicted octanol–water partition coefficient (Wildman–Crippen LogP) is 3.63. The van der Waals surface area contributed by atoms with E-state index in [0.29, 0.717) is 5.01 Å². The van der Waals surface area contributed by atoms with E-state index in [4.69, 9.17) is 34.8 Å². The summed E-state index contributed by atoms with van der Waals surface area (Å²) in [5.41, 5.74) is 0. The molecule has 5 nitrogen and oxygen atoms in total. The molecule has 20 heavy (non-hydrogen) atoms. The van der Waals surface area contributed by atoms with Crippen LogP contribution in [-0.4, -0.2) is 25.7 Å². The van der Waals surface area contributed by atoms with E-state index in [0.717, 1.165) is 15.6 Å². The van der Waals surface area contributed by atoms with Crippen molar-refractivity contribution in [2.24, 2.45) is 0 Å². The van der Waals surface area contributed by atoms with Gasteiger partial charge in [0.25, 0.3) is 10.0 Å². The first kappa shape index (κ1) is 15.8. The molecule has 0 radical (unpaired) electrons. The third-order valence-electron chi connectivity index (χ3n) is 2.37. The SMILES string of the molecule is Cc1nnc(N(C)S(=O)(=O)c2c(Cl)cc(Cl)cc2Cl)s1. The molecular weight excluding hydrogens is 365 g/mol. The van der Waals surface area contributed by atoms with Crippen LogP contribution in [0.5, 0.6) is 0 Å². The first-order valence-electron chi connectivity index (χ1n) is 5.17. The maximum atomic E-state index is 12.5. The van der Waals surface area contributed by atoms with Crippen LogP contribution in [0.25, 0.3) is 0 Å². The Morgan fingerprint density at radius 1 is 1.15 bits per heavy atom. The number of halogens is 3. The summed E-state index contributed by atoms with van der Waals surface area (Å²) in [5.74, 6) is 0. The van der Waals surface area contributed by atoms with Crippen molar-refractivity contribution in [3.63, 3.8) is 0 Å². The number of hydrogen-bond acceptors (Lipinski definition) is 5. The van der Waals surface area contributed by atoms with Gasteiger partial charge < -0.3 is 0 Å². The lowest BCUT2D eigenvalue weighted by molar-refractivity contribution is 0.594. The van der Waals surface area contributed by atoms with Gasteiger partial charge in [-0.1, -0.05) is 46.1 Å². The van der Waals surface area contributed by atoms with Gasteiger partial charge in [-0.05, 0) is 19.1 Å². The average Bonchev–Trinajstić information content (AvgIpc) is 2.72. The molecule has 0 aliphatic heterocycles. The van der Waals surface area contributed by atoms with Gasteiger partial charge in [0.2, 0.25) is 5.13 Å². The highest BCUT2D eigenvalue weighted by Gasteiger charge is 2.29. The molecule has 2 aromatic rings. The summed E-state index contributed by atoms with van der Waals surface area (Å²) in [4.78, 5) is -0.208. The smallest absolute Gasteiger partial charge is 0.243 e. The summed E-state index contributed by atoms with van der Waals surface area (Å²) in [6.45, 7) is 1.73. The fourth-order valence-electron chi connectivity index (χ4n) is 1.43. The Labute approximate surface area is 135 Å². The number of benzene rings is 1. The van der Waals surface area contributed by atoms with E-state index in [2.05, 4.69) is 10.2 Å². The molecule has 108 valence electrons. The standard InChI is InChI=1S/C10H8Cl3N3O2S2/c1-5-14-15-10(19-5)16(2)20(17,18)9-7(12)3-6(11)4-8(9)13/h3-4H,1-2H3. The molecule has 1 aromatic carbocycles. The molecule has 0 saturated heterocycles. The third-order valence-corrected chi connectivity index (χ3v) is 6.29. The molecule has 0 fully saturated rings. The lowest BCUT2D eigenvalue weighted by Gasteiger charge is -2.17. The summed E-state index contributed by atoms with van der Waals surface area (Å²) in [6.07, 6.45) is 0. The quantitative estimate of drug-likeness (QED) is 0.825. The maximum Gasteiger partial charge on any atom is 0.268 e. The zero-order valence-electron chi connectivity index (χ0n) is 10.3. The van der Waals surface area contributed by atoms with Crippen LogP contribution in [0.1, 0.15) is 5.01 Å². The van der Waals surface area contributed by atoms with Crippen LogP contribution in [0.4, 0.5) is 5.13 Å². The zero-order valence-corrected chi connectivity index (χ0v) is 14.2. The first-order chi connectivity index (χ1) is 9.23. The van der Waals surface area contributed by atoms with Crippen LogP contribution < -0.4 is 4.31 Å². The van der Waals surface area contributed by atoms with Crippen molar-refractivity contribution >= 4 is 61.3 Å². The van der Waals surface area contributed by atoms with Gasteiger partial charge >= 0.3 is 0 Å². The third kappa shape index (κ3) is 2.87. The Morgan fingerprint density at radius 2 is 1.70 bits per heavy atom. The highest BCUT2D eigenvalue weighted by atomic mass is 35.5. The number of anilines is 1. The molecule has 0 atom stereocenters. The largest absolute Gasteiger partial charge is 0.268 e. The second kappa shape index (κ2) is 5.65. The van der Waals surface area contributed by atoms with E-state index in [1.807, 2.05) is 0 Å². The minimum absolute atomic E-state index is 0.0458. The second-order valence-electron chi connectivity index (χ2n) is 3.77. The topological polar surface area (TPSA) is 63.2 Å². The Hall–Kier alpha value is -0.600. The van der Waals surface area contributed by atoms with Gasteiger partial charge in [0, 0.05) is 12.1 Å². The number of aromatic nitrogens is 2. The Balaban J connectivity index is 2.56. The van der Waals surface area contributed by atoms with Gasteiger partial charge in [-0.15, -0.1) is 10.2 Å². The van der Waals surface area contributed by atoms with E-state index in [1.165, 1.54) is 19.2 Å². The van der Waals surface area contributed by atoms with Crippen LogP contribution >= 0.6 is 46.1 Å². The fraction of sp³-hybridized carbons (Fsp3) is 0.200. The molecule has 0 spiro atoms. The minimum atomic E-state index is -3.94. The van der Waals surface area contributed by atoms with Crippen molar-refractivity contribution in [1.82, 2.24) is 10.2 Å². The number of aryl methyl sites for hydroxylation is 1. The van der Waals surface area contributed by atoms with Crippen molar-refractivity contribution < 1.29 is 8.42 Å². The Morgan fingerprint density at radius 3 is 2.15 bits per heavy atom. The van der Waals surface area contributed by atoms with Crippen LogP contribution in [-0.2, 0) is 10.0 Å². The molecule has 1 heterocycles. The van der Waals surface area contributed by atoms with Crippen LogP contribution in [0.3, 0.4) is 0 Å². The molecule has 10 heteroatoms. The van der Waals surface area contributed by atoms with Gasteiger partial charge in [-0.25, -0.2) is 12.7 Å². The molecular formula is C10H8Cl3N3O2S2. The van der Waals surface area contributed by atoms with E-state index < -0.39 is 10.0 Å². The first-order valence-corrected chi connectivity index (χ1v) is 8.56. The van der Waals surface area contributed by atoms with E-state index in [1.54, 1.807) is 6.92 Å². The van der Waals surface area contributed by atoms with Crippen molar-refractivity contribution in [2.45, 2.75) is 11.8 Å². The maximum absolute atomic E-state index is 12.5. The number of sulfonamides is 1. The van der Waals surface area contributed by atoms with Crippen LogP contribution in [0, 0.1) is 6.92 Å².